The number of nitrogens with one attached hydrogen (secondary N) is 1. The molecule has 7 heteroatoms. The first-order valence-corrected chi connectivity index (χ1v) is 6.68. The molecule has 0 fully saturated rings. The van der Waals surface area contributed by atoms with E-state index in [1.54, 1.807) is 12.1 Å². The van der Waals surface area contributed by atoms with E-state index in [1.165, 1.54) is 36.4 Å². The van der Waals surface area contributed by atoms with Gasteiger partial charge >= 0.3 is 5.97 Å². The van der Waals surface area contributed by atoms with Gasteiger partial charge in [0.25, 0.3) is 5.91 Å². The number of nitrogens with two attached hydrogens (primary N) is 2. The molecule has 0 atom stereocenters. The largest absolute Gasteiger partial charge is 0.452 e. The number of carbonyl (C=O) groups excluding carboxylic acids is 3. The standard InChI is InChI=1S/C16H15N3O4/c17-12-5-1-11(2-6-12)16(22)23-9-14(20)19-13-7-3-10(4-8-13)15(18)21/h1-8H,9,17H2,(H2,18,21)(H,19,20). The van der Waals surface area contributed by atoms with E-state index >= 15 is 0 Å². The Morgan fingerprint density at radius 1 is 0.913 bits per heavy atom. The molecule has 0 saturated heterocycles. The molecule has 118 valence electrons. The molecule has 0 heterocycles. The van der Waals surface area contributed by atoms with Crippen LogP contribution in [-0.2, 0) is 9.53 Å². The van der Waals surface area contributed by atoms with Crippen molar-refractivity contribution in [1.82, 2.24) is 0 Å². The van der Waals surface area contributed by atoms with Gasteiger partial charge in [-0.05, 0) is 48.5 Å². The number of esters is 1. The molecule has 0 unspecified atom stereocenters. The van der Waals surface area contributed by atoms with Crippen molar-refractivity contribution in [3.63, 3.8) is 0 Å². The van der Waals surface area contributed by atoms with Crippen LogP contribution in [-0.4, -0.2) is 24.4 Å². The van der Waals surface area contributed by atoms with Crippen molar-refractivity contribution in [3.05, 3.63) is 59.7 Å². The van der Waals surface area contributed by atoms with Crippen molar-refractivity contribution in [1.29, 1.82) is 0 Å². The fourth-order valence-electron chi connectivity index (χ4n) is 1.75. The van der Waals surface area contributed by atoms with Crippen LogP contribution in [0.3, 0.4) is 0 Å². The molecule has 0 saturated carbocycles. The summed E-state index contributed by atoms with van der Waals surface area (Å²) in [4.78, 5) is 34.4. The van der Waals surface area contributed by atoms with Crippen LogP contribution in [0.5, 0.6) is 0 Å². The molecule has 5 N–H and O–H groups in total. The molecular weight excluding hydrogens is 298 g/mol. The molecule has 0 bridgehead atoms. The monoisotopic (exact) mass is 313 g/mol. The third-order valence-corrected chi connectivity index (χ3v) is 2.93. The molecule has 2 amide bonds. The predicted octanol–water partition coefficient (Wildman–Crippen LogP) is 1.16. The number of ether oxygens (including phenoxy) is 1. The SMILES string of the molecule is NC(=O)c1ccc(NC(=O)COC(=O)c2ccc(N)cc2)cc1. The zero-order chi connectivity index (χ0) is 16.8. The van der Waals surface area contributed by atoms with Crippen LogP contribution < -0.4 is 16.8 Å². The Labute approximate surface area is 132 Å². The van der Waals surface area contributed by atoms with Crippen molar-refractivity contribution >= 4 is 29.2 Å². The van der Waals surface area contributed by atoms with E-state index in [9.17, 15) is 14.4 Å². The topological polar surface area (TPSA) is 125 Å². The summed E-state index contributed by atoms with van der Waals surface area (Å²) in [6, 6.07) is 12.2. The van der Waals surface area contributed by atoms with E-state index in [0.717, 1.165) is 0 Å². The zero-order valence-electron chi connectivity index (χ0n) is 12.1. The maximum atomic E-state index is 11.7. The smallest absolute Gasteiger partial charge is 0.338 e. The molecule has 0 aliphatic rings. The van der Waals surface area contributed by atoms with Gasteiger partial charge in [0.2, 0.25) is 5.91 Å². The molecule has 0 radical (unpaired) electrons. The summed E-state index contributed by atoms with van der Waals surface area (Å²) >= 11 is 0. The second-order valence-corrected chi connectivity index (χ2v) is 4.69. The number of primary amides is 1. The molecule has 0 aromatic heterocycles. The van der Waals surface area contributed by atoms with Gasteiger partial charge in [-0.15, -0.1) is 0 Å². The Balaban J connectivity index is 1.86. The van der Waals surface area contributed by atoms with Crippen molar-refractivity contribution < 1.29 is 19.1 Å². The van der Waals surface area contributed by atoms with Crippen LogP contribution in [0.1, 0.15) is 20.7 Å². The van der Waals surface area contributed by atoms with Gasteiger partial charge in [0, 0.05) is 16.9 Å². The van der Waals surface area contributed by atoms with E-state index in [-0.39, 0.29) is 0 Å². The average Bonchev–Trinajstić information content (AvgIpc) is 2.54. The van der Waals surface area contributed by atoms with E-state index in [1.807, 2.05) is 0 Å². The zero-order valence-corrected chi connectivity index (χ0v) is 12.1. The number of amides is 2. The number of rotatable bonds is 5. The van der Waals surface area contributed by atoms with Crippen molar-refractivity contribution in [2.45, 2.75) is 0 Å². The summed E-state index contributed by atoms with van der Waals surface area (Å²) in [5.41, 5.74) is 12.3. The van der Waals surface area contributed by atoms with Crippen LogP contribution in [0, 0.1) is 0 Å². The number of hydrogen-bond acceptors (Lipinski definition) is 5. The maximum absolute atomic E-state index is 11.7. The quantitative estimate of drug-likeness (QED) is 0.564. The lowest BCUT2D eigenvalue weighted by atomic mass is 10.2. The van der Waals surface area contributed by atoms with Gasteiger partial charge < -0.3 is 21.5 Å². The molecule has 7 nitrogen and oxygen atoms in total. The number of nitrogen functional groups attached to an aromatic ring is 1. The van der Waals surface area contributed by atoms with E-state index < -0.39 is 24.4 Å². The minimum atomic E-state index is -0.621. The van der Waals surface area contributed by atoms with Crippen LogP contribution in [0.2, 0.25) is 0 Å². The second kappa shape index (κ2) is 7.08. The molecule has 23 heavy (non-hydrogen) atoms. The lowest BCUT2D eigenvalue weighted by Crippen LogP contribution is -2.21. The first-order chi connectivity index (χ1) is 11.0. The van der Waals surface area contributed by atoms with Crippen LogP contribution >= 0.6 is 0 Å². The minimum Gasteiger partial charge on any atom is -0.452 e. The molecule has 0 spiro atoms. The number of anilines is 2. The van der Waals surface area contributed by atoms with Crippen LogP contribution in [0.4, 0.5) is 11.4 Å². The lowest BCUT2D eigenvalue weighted by Gasteiger charge is -2.07. The van der Waals surface area contributed by atoms with Crippen LogP contribution in [0.25, 0.3) is 0 Å². The van der Waals surface area contributed by atoms with Gasteiger partial charge in [0.05, 0.1) is 5.56 Å². The Hall–Kier alpha value is -3.35. The highest BCUT2D eigenvalue weighted by molar-refractivity contribution is 5.96. The second-order valence-electron chi connectivity index (χ2n) is 4.69. The Morgan fingerprint density at radius 3 is 2.04 bits per heavy atom. The van der Waals surface area contributed by atoms with Gasteiger partial charge in [-0.2, -0.15) is 0 Å². The van der Waals surface area contributed by atoms with Crippen molar-refractivity contribution in [2.75, 3.05) is 17.7 Å². The van der Waals surface area contributed by atoms with Gasteiger partial charge in [0.15, 0.2) is 6.61 Å². The summed E-state index contributed by atoms with van der Waals surface area (Å²) in [6.07, 6.45) is 0. The van der Waals surface area contributed by atoms with Gasteiger partial charge in [-0.3, -0.25) is 9.59 Å². The lowest BCUT2D eigenvalue weighted by molar-refractivity contribution is -0.119. The molecule has 0 aliphatic heterocycles. The Bertz CT molecular complexity index is 724. The van der Waals surface area contributed by atoms with Crippen molar-refractivity contribution in [3.8, 4) is 0 Å². The predicted molar refractivity (Wildman–Crippen MR) is 84.7 cm³/mol. The minimum absolute atomic E-state index is 0.304. The fraction of sp³-hybridized carbons (Fsp3) is 0.0625. The van der Waals surface area contributed by atoms with E-state index in [0.29, 0.717) is 22.5 Å². The molecule has 2 aromatic rings. The van der Waals surface area contributed by atoms with Crippen LogP contribution in [0.15, 0.2) is 48.5 Å². The highest BCUT2D eigenvalue weighted by Gasteiger charge is 2.10. The summed E-state index contributed by atoms with van der Waals surface area (Å²) in [6.45, 7) is -0.430. The number of carbonyl (C=O) groups is 3. The van der Waals surface area contributed by atoms with Gasteiger partial charge in [-0.1, -0.05) is 0 Å². The summed E-state index contributed by atoms with van der Waals surface area (Å²) < 4.78 is 4.90. The molecule has 0 aliphatic carbocycles. The normalized spacial score (nSPS) is 9.91. The third kappa shape index (κ3) is 4.57. The first-order valence-electron chi connectivity index (χ1n) is 6.68. The average molecular weight is 313 g/mol. The van der Waals surface area contributed by atoms with E-state index in [4.69, 9.17) is 16.2 Å². The molecular formula is C16H15N3O4. The van der Waals surface area contributed by atoms with Crippen molar-refractivity contribution in [2.24, 2.45) is 5.73 Å². The Morgan fingerprint density at radius 2 is 1.48 bits per heavy atom. The third-order valence-electron chi connectivity index (χ3n) is 2.93. The molecule has 2 aromatic carbocycles. The Kier molecular flexibility index (Phi) is 4.93. The highest BCUT2D eigenvalue weighted by Crippen LogP contribution is 2.10. The maximum Gasteiger partial charge on any atom is 0.338 e. The highest BCUT2D eigenvalue weighted by atomic mass is 16.5. The summed E-state index contributed by atoms with van der Waals surface area (Å²) in [5, 5.41) is 2.54. The summed E-state index contributed by atoms with van der Waals surface area (Å²) in [7, 11) is 0. The fourth-order valence-corrected chi connectivity index (χ4v) is 1.75. The van der Waals surface area contributed by atoms with Gasteiger partial charge in [-0.25, -0.2) is 4.79 Å². The number of hydrogen-bond donors (Lipinski definition) is 3. The molecule has 2 rings (SSSR count). The first kappa shape index (κ1) is 16.0. The van der Waals surface area contributed by atoms with Gasteiger partial charge in [0.1, 0.15) is 0 Å². The van der Waals surface area contributed by atoms with E-state index in [2.05, 4.69) is 5.32 Å². The summed E-state index contributed by atoms with van der Waals surface area (Å²) in [5.74, 6) is -1.68. The number of benzene rings is 2.